The van der Waals surface area contributed by atoms with E-state index in [4.69, 9.17) is 16.3 Å². The molecule has 2 unspecified atom stereocenters. The molecule has 0 bridgehead atoms. The number of nitrogens with zero attached hydrogens (tertiary/aromatic N) is 2. The maximum atomic E-state index is 10.7. The summed E-state index contributed by atoms with van der Waals surface area (Å²) in [4.78, 5) is 4.95. The van der Waals surface area contributed by atoms with Crippen LogP contribution in [0.4, 0.5) is 0 Å². The minimum atomic E-state index is -0.534. The first-order valence-electron chi connectivity index (χ1n) is 11.8. The van der Waals surface area contributed by atoms with Gasteiger partial charge in [0.05, 0.1) is 12.7 Å². The summed E-state index contributed by atoms with van der Waals surface area (Å²) in [6.07, 6.45) is 6.86. The Bertz CT molecular complexity index is 825. The highest BCUT2D eigenvalue weighted by atomic mass is 35.5. The number of hydrogen-bond acceptors (Lipinski definition) is 4. The largest absolute Gasteiger partial charge is 0.494 e. The Balaban J connectivity index is 1.30. The summed E-state index contributed by atoms with van der Waals surface area (Å²) in [5.74, 6) is 0.957. The van der Waals surface area contributed by atoms with E-state index in [-0.39, 0.29) is 0 Å². The van der Waals surface area contributed by atoms with Crippen molar-refractivity contribution in [3.63, 3.8) is 0 Å². The van der Waals surface area contributed by atoms with Gasteiger partial charge in [0.25, 0.3) is 0 Å². The molecule has 31 heavy (non-hydrogen) atoms. The van der Waals surface area contributed by atoms with Gasteiger partial charge in [-0.2, -0.15) is 0 Å². The Labute approximate surface area is 191 Å². The number of rotatable bonds is 9. The second kappa shape index (κ2) is 11.3. The van der Waals surface area contributed by atoms with Gasteiger partial charge in [-0.1, -0.05) is 42.3 Å². The Morgan fingerprint density at radius 3 is 2.68 bits per heavy atom. The quantitative estimate of drug-likeness (QED) is 0.522. The maximum absolute atomic E-state index is 10.7. The van der Waals surface area contributed by atoms with Gasteiger partial charge in [-0.3, -0.25) is 4.90 Å². The summed E-state index contributed by atoms with van der Waals surface area (Å²) in [6, 6.07) is 16.4. The molecular weight excluding hydrogens is 408 g/mol. The van der Waals surface area contributed by atoms with Gasteiger partial charge >= 0.3 is 0 Å². The highest BCUT2D eigenvalue weighted by Gasteiger charge is 2.28. The van der Waals surface area contributed by atoms with Crippen molar-refractivity contribution in [2.45, 2.75) is 50.7 Å². The number of ether oxygens (including phenoxy) is 1. The molecule has 2 aliphatic rings. The molecule has 0 radical (unpaired) electrons. The van der Waals surface area contributed by atoms with Gasteiger partial charge in [-0.05, 0) is 87.1 Å². The number of likely N-dealkylation sites (tertiary alicyclic amines) is 2. The SMILES string of the molecule is OC(CN1CCCC1c1cccc(OCCCN2CCCCC2)c1)c1cccc(Cl)c1. The number of β-amino-alcohol motifs (C(OH)–C–C–N with tert-alkyl or cyclic N) is 1. The van der Waals surface area contributed by atoms with Crippen molar-refractivity contribution in [1.29, 1.82) is 0 Å². The first-order chi connectivity index (χ1) is 15.2. The van der Waals surface area contributed by atoms with Gasteiger partial charge in [0, 0.05) is 24.2 Å². The molecule has 2 saturated heterocycles. The van der Waals surface area contributed by atoms with E-state index in [0.717, 1.165) is 50.3 Å². The fourth-order valence-corrected chi connectivity index (χ4v) is 5.14. The molecule has 0 aliphatic carbocycles. The maximum Gasteiger partial charge on any atom is 0.119 e. The average Bonchev–Trinajstić information content (AvgIpc) is 3.26. The summed E-state index contributed by atoms with van der Waals surface area (Å²) in [7, 11) is 0. The first kappa shape index (κ1) is 22.6. The van der Waals surface area contributed by atoms with Gasteiger partial charge in [0.1, 0.15) is 5.75 Å². The lowest BCUT2D eigenvalue weighted by Gasteiger charge is -2.28. The Morgan fingerprint density at radius 1 is 1.00 bits per heavy atom. The van der Waals surface area contributed by atoms with E-state index in [1.807, 2.05) is 24.3 Å². The normalized spacial score (nSPS) is 21.3. The van der Waals surface area contributed by atoms with Crippen molar-refractivity contribution in [1.82, 2.24) is 9.80 Å². The molecule has 0 aromatic heterocycles. The highest BCUT2D eigenvalue weighted by molar-refractivity contribution is 6.30. The van der Waals surface area contributed by atoms with Crippen molar-refractivity contribution in [3.8, 4) is 5.75 Å². The van der Waals surface area contributed by atoms with Crippen LogP contribution in [0.15, 0.2) is 48.5 Å². The molecule has 2 heterocycles. The van der Waals surface area contributed by atoms with E-state index in [0.29, 0.717) is 17.6 Å². The minimum Gasteiger partial charge on any atom is -0.494 e. The van der Waals surface area contributed by atoms with Crippen LogP contribution in [0.3, 0.4) is 0 Å². The van der Waals surface area contributed by atoms with Gasteiger partial charge in [-0.15, -0.1) is 0 Å². The zero-order valence-electron chi connectivity index (χ0n) is 18.4. The topological polar surface area (TPSA) is 35.9 Å². The van der Waals surface area contributed by atoms with Crippen LogP contribution in [0.5, 0.6) is 5.75 Å². The van der Waals surface area contributed by atoms with Crippen molar-refractivity contribution in [2.75, 3.05) is 39.3 Å². The lowest BCUT2D eigenvalue weighted by atomic mass is 10.0. The average molecular weight is 443 g/mol. The molecule has 2 aliphatic heterocycles. The van der Waals surface area contributed by atoms with Crippen LogP contribution in [-0.2, 0) is 0 Å². The lowest BCUT2D eigenvalue weighted by Crippen LogP contribution is -2.31. The van der Waals surface area contributed by atoms with Crippen LogP contribution in [0, 0.1) is 0 Å². The van der Waals surface area contributed by atoms with Gasteiger partial charge in [0.15, 0.2) is 0 Å². The van der Waals surface area contributed by atoms with E-state index < -0.39 is 6.10 Å². The summed E-state index contributed by atoms with van der Waals surface area (Å²) in [5, 5.41) is 11.4. The number of halogens is 1. The number of hydrogen-bond donors (Lipinski definition) is 1. The monoisotopic (exact) mass is 442 g/mol. The van der Waals surface area contributed by atoms with E-state index in [1.54, 1.807) is 0 Å². The lowest BCUT2D eigenvalue weighted by molar-refractivity contribution is 0.106. The summed E-state index contributed by atoms with van der Waals surface area (Å²) < 4.78 is 6.09. The van der Waals surface area contributed by atoms with E-state index >= 15 is 0 Å². The molecular formula is C26H35ClN2O2. The van der Waals surface area contributed by atoms with E-state index in [9.17, 15) is 5.11 Å². The predicted octanol–water partition coefficient (Wildman–Crippen LogP) is 5.47. The zero-order chi connectivity index (χ0) is 21.5. The van der Waals surface area contributed by atoms with Crippen LogP contribution in [0.1, 0.15) is 61.8 Å². The third kappa shape index (κ3) is 6.45. The van der Waals surface area contributed by atoms with Gasteiger partial charge < -0.3 is 14.7 Å². The molecule has 4 nitrogen and oxygen atoms in total. The second-order valence-electron chi connectivity index (χ2n) is 8.90. The van der Waals surface area contributed by atoms with Crippen molar-refractivity contribution in [3.05, 3.63) is 64.7 Å². The molecule has 2 aromatic rings. The molecule has 168 valence electrons. The fourth-order valence-electron chi connectivity index (χ4n) is 4.94. The van der Waals surface area contributed by atoms with Crippen molar-refractivity contribution < 1.29 is 9.84 Å². The molecule has 2 fully saturated rings. The van der Waals surface area contributed by atoms with Crippen LogP contribution in [-0.4, -0.2) is 54.2 Å². The Hall–Kier alpha value is -1.59. The van der Waals surface area contributed by atoms with Crippen LogP contribution in [0.2, 0.25) is 5.02 Å². The summed E-state index contributed by atoms with van der Waals surface area (Å²) in [5.41, 5.74) is 2.16. The standard InChI is InChI=1S/C26H35ClN2O2/c27-23-10-4-9-22(18-23)26(30)20-29-16-6-12-25(29)21-8-5-11-24(19-21)31-17-7-15-28-13-2-1-3-14-28/h4-5,8-11,18-19,25-26,30H,1-3,6-7,12-17,20H2. The molecule has 2 atom stereocenters. The molecule has 2 aromatic carbocycles. The van der Waals surface area contributed by atoms with E-state index in [1.165, 1.54) is 37.9 Å². The van der Waals surface area contributed by atoms with Crippen molar-refractivity contribution >= 4 is 11.6 Å². The number of benzene rings is 2. The Morgan fingerprint density at radius 2 is 1.84 bits per heavy atom. The van der Waals surface area contributed by atoms with Crippen molar-refractivity contribution in [2.24, 2.45) is 0 Å². The molecule has 4 rings (SSSR count). The first-order valence-corrected chi connectivity index (χ1v) is 12.2. The van der Waals surface area contributed by atoms with Crippen LogP contribution >= 0.6 is 11.6 Å². The molecule has 1 N–H and O–H groups in total. The number of aliphatic hydroxyl groups excluding tert-OH is 1. The molecule has 5 heteroatoms. The van der Waals surface area contributed by atoms with E-state index in [2.05, 4.69) is 34.1 Å². The number of piperidine rings is 1. The Kier molecular flexibility index (Phi) is 8.26. The second-order valence-corrected chi connectivity index (χ2v) is 9.34. The summed E-state index contributed by atoms with van der Waals surface area (Å²) >= 11 is 6.10. The van der Waals surface area contributed by atoms with Crippen LogP contribution in [0.25, 0.3) is 0 Å². The smallest absolute Gasteiger partial charge is 0.119 e. The highest BCUT2D eigenvalue weighted by Crippen LogP contribution is 2.35. The number of aliphatic hydroxyl groups is 1. The van der Waals surface area contributed by atoms with Gasteiger partial charge in [-0.25, -0.2) is 0 Å². The van der Waals surface area contributed by atoms with Gasteiger partial charge in [0.2, 0.25) is 0 Å². The molecule has 0 saturated carbocycles. The third-order valence-electron chi connectivity index (χ3n) is 6.58. The van der Waals surface area contributed by atoms with Crippen LogP contribution < -0.4 is 4.74 Å². The predicted molar refractivity (Wildman–Crippen MR) is 127 cm³/mol. The fraction of sp³-hybridized carbons (Fsp3) is 0.538. The molecule has 0 amide bonds. The minimum absolute atomic E-state index is 0.325. The summed E-state index contributed by atoms with van der Waals surface area (Å²) in [6.45, 7) is 6.01. The third-order valence-corrected chi connectivity index (χ3v) is 6.82. The molecule has 0 spiro atoms. The zero-order valence-corrected chi connectivity index (χ0v) is 19.1.